The maximum atomic E-state index is 12.8. The number of nitrogens with two attached hydrogens (primary N) is 1. The van der Waals surface area contributed by atoms with Gasteiger partial charge in [0.05, 0.1) is 0 Å². The zero-order chi connectivity index (χ0) is 15.2. The molecule has 0 aromatic heterocycles. The van der Waals surface area contributed by atoms with Gasteiger partial charge in [0, 0.05) is 12.2 Å². The van der Waals surface area contributed by atoms with E-state index in [1.807, 2.05) is 26.0 Å². The van der Waals surface area contributed by atoms with Crippen LogP contribution in [0.5, 0.6) is 0 Å². The van der Waals surface area contributed by atoms with Crippen LogP contribution in [0.25, 0.3) is 0 Å². The highest BCUT2D eigenvalue weighted by atomic mass is 127. The number of aryl methyl sites for hydroxylation is 2. The molecule has 5 heteroatoms. The molecule has 0 radical (unpaired) electrons. The summed E-state index contributed by atoms with van der Waals surface area (Å²) in [6.07, 6.45) is 0.732. The second kappa shape index (κ2) is 8.73. The van der Waals surface area contributed by atoms with Crippen LogP contribution in [0.15, 0.2) is 47.5 Å². The van der Waals surface area contributed by atoms with Crippen LogP contribution in [-0.4, -0.2) is 12.5 Å². The van der Waals surface area contributed by atoms with E-state index in [0.29, 0.717) is 12.5 Å². The minimum absolute atomic E-state index is 0. The number of anilines is 1. The molecule has 0 spiro atoms. The molecule has 3 N–H and O–H groups in total. The molecule has 0 saturated heterocycles. The van der Waals surface area contributed by atoms with E-state index in [4.69, 9.17) is 5.73 Å². The Kier molecular flexibility index (Phi) is 7.31. The van der Waals surface area contributed by atoms with Crippen LogP contribution < -0.4 is 11.1 Å². The molecule has 0 aliphatic carbocycles. The van der Waals surface area contributed by atoms with Crippen molar-refractivity contribution in [1.29, 1.82) is 0 Å². The third-order valence-electron chi connectivity index (χ3n) is 3.09. The number of aliphatic imine (C=N–C) groups is 1. The number of hydrogen-bond acceptors (Lipinski definition) is 1. The molecule has 0 amide bonds. The first-order valence-corrected chi connectivity index (χ1v) is 6.92. The number of rotatable bonds is 4. The number of nitrogens with one attached hydrogen (secondary N) is 1. The Morgan fingerprint density at radius 2 is 1.68 bits per heavy atom. The van der Waals surface area contributed by atoms with E-state index in [1.165, 1.54) is 23.3 Å². The van der Waals surface area contributed by atoms with Crippen LogP contribution >= 0.6 is 24.0 Å². The number of benzene rings is 2. The quantitative estimate of drug-likeness (QED) is 0.452. The molecular weight excluding hydrogens is 392 g/mol. The largest absolute Gasteiger partial charge is 0.370 e. The van der Waals surface area contributed by atoms with Crippen LogP contribution in [-0.2, 0) is 6.42 Å². The third kappa shape index (κ3) is 6.01. The first kappa shape index (κ1) is 18.4. The van der Waals surface area contributed by atoms with Gasteiger partial charge in [-0.3, -0.25) is 4.99 Å². The summed E-state index contributed by atoms with van der Waals surface area (Å²) < 4.78 is 12.8. The molecule has 2 aromatic rings. The summed E-state index contributed by atoms with van der Waals surface area (Å²) in [6.45, 7) is 4.65. The maximum Gasteiger partial charge on any atom is 0.193 e. The number of halogens is 2. The molecule has 22 heavy (non-hydrogen) atoms. The number of guanidine groups is 1. The lowest BCUT2D eigenvalue weighted by molar-refractivity contribution is 0.627. The monoisotopic (exact) mass is 413 g/mol. The minimum atomic E-state index is -0.224. The van der Waals surface area contributed by atoms with Gasteiger partial charge >= 0.3 is 0 Å². The number of hydrogen-bond donors (Lipinski definition) is 2. The standard InChI is InChI=1S/C17H20FN3.HI/c1-12-9-13(2)11-16(10-12)21-17(19)20-8-7-14-3-5-15(18)6-4-14;/h3-6,9-11H,7-8H2,1-2H3,(H3,19,20,21);1H. The second-order valence-corrected chi connectivity index (χ2v) is 5.14. The van der Waals surface area contributed by atoms with Crippen LogP contribution in [0.4, 0.5) is 10.1 Å². The van der Waals surface area contributed by atoms with Crippen molar-refractivity contribution >= 4 is 35.6 Å². The Balaban J connectivity index is 0.00000242. The lowest BCUT2D eigenvalue weighted by Gasteiger charge is -2.08. The van der Waals surface area contributed by atoms with Crippen molar-refractivity contribution < 1.29 is 4.39 Å². The first-order chi connectivity index (χ1) is 10.0. The lowest BCUT2D eigenvalue weighted by atomic mass is 10.1. The highest BCUT2D eigenvalue weighted by molar-refractivity contribution is 14.0. The summed E-state index contributed by atoms with van der Waals surface area (Å²) in [5.74, 6) is 0.167. The van der Waals surface area contributed by atoms with E-state index >= 15 is 0 Å². The summed E-state index contributed by atoms with van der Waals surface area (Å²) in [5, 5.41) is 3.09. The molecule has 118 valence electrons. The van der Waals surface area contributed by atoms with E-state index < -0.39 is 0 Å². The van der Waals surface area contributed by atoms with E-state index in [-0.39, 0.29) is 29.8 Å². The van der Waals surface area contributed by atoms with Gasteiger partial charge in [-0.2, -0.15) is 0 Å². The minimum Gasteiger partial charge on any atom is -0.370 e. The van der Waals surface area contributed by atoms with Crippen molar-refractivity contribution in [3.05, 3.63) is 65.0 Å². The fourth-order valence-electron chi connectivity index (χ4n) is 2.19. The van der Waals surface area contributed by atoms with Gasteiger partial charge in [-0.25, -0.2) is 4.39 Å². The third-order valence-corrected chi connectivity index (χ3v) is 3.09. The normalized spacial score (nSPS) is 11.0. The summed E-state index contributed by atoms with van der Waals surface area (Å²) >= 11 is 0. The van der Waals surface area contributed by atoms with Gasteiger partial charge in [-0.1, -0.05) is 18.2 Å². The average molecular weight is 413 g/mol. The maximum absolute atomic E-state index is 12.8. The molecule has 0 aliphatic heterocycles. The molecule has 0 aliphatic rings. The predicted octanol–water partition coefficient (Wildman–Crippen LogP) is 4.03. The Labute approximate surface area is 147 Å². The smallest absolute Gasteiger partial charge is 0.193 e. The summed E-state index contributed by atoms with van der Waals surface area (Å²) in [5.41, 5.74) is 10.2. The Hall–Kier alpha value is -1.63. The Morgan fingerprint density at radius 1 is 1.09 bits per heavy atom. The second-order valence-electron chi connectivity index (χ2n) is 5.14. The predicted molar refractivity (Wildman–Crippen MR) is 102 cm³/mol. The van der Waals surface area contributed by atoms with Crippen LogP contribution in [0, 0.1) is 19.7 Å². The molecule has 0 saturated carbocycles. The van der Waals surface area contributed by atoms with Crippen molar-refractivity contribution in [3.63, 3.8) is 0 Å². The Bertz CT molecular complexity index is 619. The molecule has 0 atom stereocenters. The highest BCUT2D eigenvalue weighted by Crippen LogP contribution is 2.13. The van der Waals surface area contributed by atoms with Gasteiger partial charge in [-0.05, 0) is 61.2 Å². The van der Waals surface area contributed by atoms with Crippen molar-refractivity contribution in [2.75, 3.05) is 11.9 Å². The van der Waals surface area contributed by atoms with Crippen molar-refractivity contribution in [2.45, 2.75) is 20.3 Å². The van der Waals surface area contributed by atoms with Crippen molar-refractivity contribution in [1.82, 2.24) is 0 Å². The van der Waals surface area contributed by atoms with Gasteiger partial charge in [0.25, 0.3) is 0 Å². The van der Waals surface area contributed by atoms with Gasteiger partial charge in [0.1, 0.15) is 5.82 Å². The van der Waals surface area contributed by atoms with Crippen molar-refractivity contribution in [3.8, 4) is 0 Å². The van der Waals surface area contributed by atoms with E-state index in [9.17, 15) is 4.39 Å². The van der Waals surface area contributed by atoms with Crippen LogP contribution in [0.1, 0.15) is 16.7 Å². The average Bonchev–Trinajstić information content (AvgIpc) is 2.39. The van der Waals surface area contributed by atoms with Gasteiger partial charge in [-0.15, -0.1) is 24.0 Å². The fraction of sp³-hybridized carbons (Fsp3) is 0.235. The van der Waals surface area contributed by atoms with Gasteiger partial charge in [0.15, 0.2) is 5.96 Å². The fourth-order valence-corrected chi connectivity index (χ4v) is 2.19. The zero-order valence-corrected chi connectivity index (χ0v) is 15.1. The molecule has 2 rings (SSSR count). The molecule has 0 fully saturated rings. The van der Waals surface area contributed by atoms with Gasteiger partial charge < -0.3 is 11.1 Å². The Morgan fingerprint density at radius 3 is 2.27 bits per heavy atom. The van der Waals surface area contributed by atoms with E-state index in [2.05, 4.69) is 16.4 Å². The summed E-state index contributed by atoms with van der Waals surface area (Å²) in [4.78, 5) is 4.29. The summed E-state index contributed by atoms with van der Waals surface area (Å²) in [7, 11) is 0. The SMILES string of the molecule is Cc1cc(C)cc(NC(N)=NCCc2ccc(F)cc2)c1.I. The van der Waals surface area contributed by atoms with Crippen LogP contribution in [0.3, 0.4) is 0 Å². The topological polar surface area (TPSA) is 50.4 Å². The lowest BCUT2D eigenvalue weighted by Crippen LogP contribution is -2.23. The van der Waals surface area contributed by atoms with Crippen LogP contribution in [0.2, 0.25) is 0 Å². The van der Waals surface area contributed by atoms with E-state index in [0.717, 1.165) is 17.7 Å². The van der Waals surface area contributed by atoms with Crippen molar-refractivity contribution in [2.24, 2.45) is 10.7 Å². The zero-order valence-electron chi connectivity index (χ0n) is 12.8. The highest BCUT2D eigenvalue weighted by Gasteiger charge is 1.98. The van der Waals surface area contributed by atoms with E-state index in [1.54, 1.807) is 12.1 Å². The molecule has 0 unspecified atom stereocenters. The summed E-state index contributed by atoms with van der Waals surface area (Å²) in [6, 6.07) is 12.6. The molecule has 3 nitrogen and oxygen atoms in total. The number of nitrogens with zero attached hydrogens (tertiary/aromatic N) is 1. The molecule has 0 bridgehead atoms. The molecular formula is C17H21FIN3. The molecule has 2 aromatic carbocycles. The molecule has 0 heterocycles. The van der Waals surface area contributed by atoms with Gasteiger partial charge in [0.2, 0.25) is 0 Å². The first-order valence-electron chi connectivity index (χ1n) is 6.92.